The molecule has 2 aliphatic rings. The van der Waals surface area contributed by atoms with Crippen LogP contribution in [0, 0.1) is 6.92 Å². The number of aryl methyl sites for hydroxylation is 1. The van der Waals surface area contributed by atoms with Crippen LogP contribution in [-0.2, 0) is 0 Å². The van der Waals surface area contributed by atoms with Gasteiger partial charge in [0, 0.05) is 6.07 Å². The molecule has 1 N–H and O–H groups in total. The standard InChI is InChI=1S/C9H8N2O2/c1-6-5-10-8-3-2-7(12)4-9(8)11(6)13/h2-5,13H,1H3. The zero-order valence-corrected chi connectivity index (χ0v) is 7.06. The molecule has 0 aromatic carbocycles. The Morgan fingerprint density at radius 1 is 1.46 bits per heavy atom. The van der Waals surface area contributed by atoms with Crippen molar-refractivity contribution in [3.05, 3.63) is 40.3 Å². The van der Waals surface area contributed by atoms with Gasteiger partial charge in [0.25, 0.3) is 0 Å². The van der Waals surface area contributed by atoms with Gasteiger partial charge in [0.05, 0.1) is 17.6 Å². The Balaban J connectivity index is 2.89. The Labute approximate surface area is 74.4 Å². The highest BCUT2D eigenvalue weighted by molar-refractivity contribution is 5.55. The molecule has 2 rings (SSSR count). The number of aromatic nitrogens is 2. The SMILES string of the molecule is Cc1cnc2ccc(=O)cc-2n1O. The zero-order chi connectivity index (χ0) is 9.42. The molecule has 0 saturated heterocycles. The molecule has 0 radical (unpaired) electrons. The maximum atomic E-state index is 11.0. The van der Waals surface area contributed by atoms with Crippen LogP contribution < -0.4 is 5.43 Å². The van der Waals surface area contributed by atoms with Gasteiger partial charge in [-0.1, -0.05) is 0 Å². The second kappa shape index (κ2) is 2.58. The Morgan fingerprint density at radius 2 is 2.23 bits per heavy atom. The van der Waals surface area contributed by atoms with Crippen molar-refractivity contribution in [2.45, 2.75) is 6.92 Å². The van der Waals surface area contributed by atoms with Gasteiger partial charge < -0.3 is 5.21 Å². The van der Waals surface area contributed by atoms with Crippen LogP contribution >= 0.6 is 0 Å². The molecule has 0 spiro atoms. The first-order valence-corrected chi connectivity index (χ1v) is 3.86. The topological polar surface area (TPSA) is 55.1 Å². The first kappa shape index (κ1) is 7.79. The number of hydrogen-bond acceptors (Lipinski definition) is 3. The Bertz CT molecular complexity index is 476. The van der Waals surface area contributed by atoms with Crippen molar-refractivity contribution in [2.75, 3.05) is 0 Å². The van der Waals surface area contributed by atoms with E-state index in [1.165, 1.54) is 12.1 Å². The fourth-order valence-corrected chi connectivity index (χ4v) is 1.19. The minimum atomic E-state index is -0.136. The normalized spacial score (nSPS) is 10.5. The summed E-state index contributed by atoms with van der Waals surface area (Å²) in [6, 6.07) is 4.36. The monoisotopic (exact) mass is 176 g/mol. The van der Waals surface area contributed by atoms with E-state index in [2.05, 4.69) is 4.98 Å². The number of hydrogen-bond donors (Lipinski definition) is 1. The molecule has 1 aliphatic heterocycles. The molecule has 0 atom stereocenters. The third-order valence-corrected chi connectivity index (χ3v) is 1.90. The highest BCUT2D eigenvalue weighted by Gasteiger charge is 2.08. The molecule has 1 heterocycles. The van der Waals surface area contributed by atoms with E-state index < -0.39 is 0 Å². The number of benzene rings is 1. The van der Waals surface area contributed by atoms with Crippen LogP contribution in [0.15, 0.2) is 29.2 Å². The smallest absolute Gasteiger partial charge is 0.181 e. The van der Waals surface area contributed by atoms with E-state index in [0.29, 0.717) is 17.1 Å². The fraction of sp³-hybridized carbons (Fsp3) is 0.111. The number of nitrogens with zero attached hydrogens (tertiary/aromatic N) is 2. The summed E-state index contributed by atoms with van der Waals surface area (Å²) < 4.78 is 0.962. The lowest BCUT2D eigenvalue weighted by Crippen LogP contribution is -2.09. The van der Waals surface area contributed by atoms with E-state index in [9.17, 15) is 10.0 Å². The highest BCUT2D eigenvalue weighted by atomic mass is 16.5. The first-order chi connectivity index (χ1) is 6.18. The minimum Gasteiger partial charge on any atom is -0.428 e. The molecule has 0 bridgehead atoms. The Kier molecular flexibility index (Phi) is 1.55. The number of fused-ring (bicyclic) bond motifs is 1. The lowest BCUT2D eigenvalue weighted by Gasteiger charge is -2.10. The van der Waals surface area contributed by atoms with Gasteiger partial charge in [0.2, 0.25) is 0 Å². The van der Waals surface area contributed by atoms with Crippen molar-refractivity contribution in [3.8, 4) is 11.4 Å². The molecule has 0 aromatic heterocycles. The molecule has 0 aromatic rings. The van der Waals surface area contributed by atoms with Crippen LogP contribution in [0.2, 0.25) is 0 Å². The van der Waals surface area contributed by atoms with E-state index >= 15 is 0 Å². The molecular weight excluding hydrogens is 168 g/mol. The van der Waals surface area contributed by atoms with Crippen molar-refractivity contribution >= 4 is 0 Å². The zero-order valence-electron chi connectivity index (χ0n) is 7.06. The van der Waals surface area contributed by atoms with Crippen molar-refractivity contribution in [3.63, 3.8) is 0 Å². The molecule has 66 valence electrons. The second-order valence-corrected chi connectivity index (χ2v) is 2.86. The summed E-state index contributed by atoms with van der Waals surface area (Å²) in [5.41, 5.74) is 1.50. The largest absolute Gasteiger partial charge is 0.428 e. The third kappa shape index (κ3) is 1.16. The summed E-state index contributed by atoms with van der Waals surface area (Å²) in [4.78, 5) is 15.1. The van der Waals surface area contributed by atoms with Crippen LogP contribution in [0.1, 0.15) is 5.69 Å². The van der Waals surface area contributed by atoms with Crippen LogP contribution in [0.25, 0.3) is 11.4 Å². The molecule has 1 aliphatic carbocycles. The summed E-state index contributed by atoms with van der Waals surface area (Å²) in [7, 11) is 0. The quantitative estimate of drug-likeness (QED) is 0.606. The minimum absolute atomic E-state index is 0.136. The summed E-state index contributed by atoms with van der Waals surface area (Å²) in [5, 5.41) is 9.52. The molecule has 4 heteroatoms. The number of rotatable bonds is 0. The van der Waals surface area contributed by atoms with Gasteiger partial charge in [-0.25, -0.2) is 0 Å². The van der Waals surface area contributed by atoms with Crippen LogP contribution in [0.3, 0.4) is 0 Å². The predicted molar refractivity (Wildman–Crippen MR) is 47.0 cm³/mol. The lowest BCUT2D eigenvalue weighted by atomic mass is 10.2. The van der Waals surface area contributed by atoms with Gasteiger partial charge in [0.15, 0.2) is 5.43 Å². The fourth-order valence-electron chi connectivity index (χ4n) is 1.19. The van der Waals surface area contributed by atoms with Gasteiger partial charge in [0.1, 0.15) is 5.69 Å². The summed E-state index contributed by atoms with van der Waals surface area (Å²) in [6.07, 6.45) is 1.55. The van der Waals surface area contributed by atoms with Gasteiger partial charge in [-0.05, 0) is 19.1 Å². The van der Waals surface area contributed by atoms with Gasteiger partial charge in [-0.15, -0.1) is 0 Å². The van der Waals surface area contributed by atoms with Crippen molar-refractivity contribution in [1.82, 2.24) is 9.71 Å². The maximum absolute atomic E-state index is 11.0. The van der Waals surface area contributed by atoms with E-state index in [1.807, 2.05) is 0 Å². The summed E-state index contributed by atoms with van der Waals surface area (Å²) in [5.74, 6) is 0. The summed E-state index contributed by atoms with van der Waals surface area (Å²) in [6.45, 7) is 1.71. The molecule has 0 fully saturated rings. The third-order valence-electron chi connectivity index (χ3n) is 1.90. The molecule has 0 unspecified atom stereocenters. The van der Waals surface area contributed by atoms with E-state index in [0.717, 1.165) is 4.73 Å². The van der Waals surface area contributed by atoms with Gasteiger partial charge in [-0.3, -0.25) is 9.78 Å². The van der Waals surface area contributed by atoms with Crippen molar-refractivity contribution in [2.24, 2.45) is 0 Å². The molecule has 13 heavy (non-hydrogen) atoms. The van der Waals surface area contributed by atoms with Crippen LogP contribution in [-0.4, -0.2) is 14.9 Å². The molecule has 0 amide bonds. The molecular formula is C9H8N2O2. The van der Waals surface area contributed by atoms with Gasteiger partial charge in [-0.2, -0.15) is 4.73 Å². The lowest BCUT2D eigenvalue weighted by molar-refractivity contribution is 0.181. The first-order valence-electron chi connectivity index (χ1n) is 3.86. The van der Waals surface area contributed by atoms with Crippen LogP contribution in [0.4, 0.5) is 0 Å². The Hall–Kier alpha value is -1.84. The van der Waals surface area contributed by atoms with Gasteiger partial charge >= 0.3 is 0 Å². The maximum Gasteiger partial charge on any atom is 0.181 e. The average Bonchev–Trinajstić information content (AvgIpc) is 2.12. The van der Waals surface area contributed by atoms with E-state index in [-0.39, 0.29) is 5.43 Å². The Morgan fingerprint density at radius 3 is 3.00 bits per heavy atom. The molecule has 4 nitrogen and oxygen atoms in total. The average molecular weight is 176 g/mol. The van der Waals surface area contributed by atoms with Crippen molar-refractivity contribution in [1.29, 1.82) is 0 Å². The van der Waals surface area contributed by atoms with Crippen molar-refractivity contribution < 1.29 is 5.21 Å². The molecule has 0 saturated carbocycles. The van der Waals surface area contributed by atoms with E-state index in [4.69, 9.17) is 0 Å². The second-order valence-electron chi connectivity index (χ2n) is 2.86. The van der Waals surface area contributed by atoms with E-state index in [1.54, 1.807) is 19.2 Å². The highest BCUT2D eigenvalue weighted by Crippen LogP contribution is 2.15. The predicted octanol–water partition coefficient (Wildman–Crippen LogP) is 0.894. The summed E-state index contributed by atoms with van der Waals surface area (Å²) >= 11 is 0. The van der Waals surface area contributed by atoms with Crippen LogP contribution in [0.5, 0.6) is 0 Å².